The van der Waals surface area contributed by atoms with Gasteiger partial charge in [-0.15, -0.1) is 0 Å². The Labute approximate surface area is 135 Å². The van der Waals surface area contributed by atoms with E-state index in [-0.39, 0.29) is 17.5 Å². The average molecular weight is 309 g/mol. The molecule has 1 aliphatic heterocycles. The lowest BCUT2D eigenvalue weighted by atomic mass is 9.70. The van der Waals surface area contributed by atoms with Gasteiger partial charge >= 0.3 is 0 Å². The number of benzene rings is 1. The van der Waals surface area contributed by atoms with Crippen molar-refractivity contribution in [3.8, 4) is 5.75 Å². The summed E-state index contributed by atoms with van der Waals surface area (Å²) in [6, 6.07) is 11.0. The van der Waals surface area contributed by atoms with Crippen molar-refractivity contribution in [1.29, 1.82) is 0 Å². The number of pyridine rings is 1. The zero-order chi connectivity index (χ0) is 16.6. The maximum absolute atomic E-state index is 12.9. The van der Waals surface area contributed by atoms with Crippen molar-refractivity contribution in [1.82, 2.24) is 4.98 Å². The summed E-state index contributed by atoms with van der Waals surface area (Å²) in [7, 11) is 0. The van der Waals surface area contributed by atoms with Crippen LogP contribution >= 0.6 is 0 Å². The largest absolute Gasteiger partial charge is 0.492 e. The van der Waals surface area contributed by atoms with Crippen molar-refractivity contribution in [3.63, 3.8) is 0 Å². The number of hydrogen-bond acceptors (Lipinski definition) is 4. The van der Waals surface area contributed by atoms with Crippen LogP contribution in [-0.4, -0.2) is 23.2 Å². The summed E-state index contributed by atoms with van der Waals surface area (Å²) in [5.74, 6) is 0.334. The topological polar surface area (TPSA) is 56.3 Å². The minimum Gasteiger partial charge on any atom is -0.492 e. The standard InChI is InChI=1S/C19H19NO3/c1-12(21)16-10-13(8-9-20-16)19(2,3)15-11-23-17-7-5-4-6-14(17)18(15)22/h4-10,15H,11H2,1-3H3. The second-order valence-corrected chi connectivity index (χ2v) is 6.43. The first-order valence-corrected chi connectivity index (χ1v) is 7.65. The number of para-hydroxylation sites is 1. The number of aromatic nitrogens is 1. The van der Waals surface area contributed by atoms with Gasteiger partial charge in [-0.25, -0.2) is 0 Å². The highest BCUT2D eigenvalue weighted by atomic mass is 16.5. The van der Waals surface area contributed by atoms with Crippen LogP contribution in [0.3, 0.4) is 0 Å². The fourth-order valence-corrected chi connectivity index (χ4v) is 2.99. The van der Waals surface area contributed by atoms with Crippen molar-refractivity contribution in [2.24, 2.45) is 5.92 Å². The maximum atomic E-state index is 12.9. The molecule has 0 spiro atoms. The Bertz CT molecular complexity index is 780. The van der Waals surface area contributed by atoms with Gasteiger partial charge in [0.25, 0.3) is 0 Å². The van der Waals surface area contributed by atoms with E-state index in [9.17, 15) is 9.59 Å². The van der Waals surface area contributed by atoms with E-state index in [1.165, 1.54) is 6.92 Å². The predicted molar refractivity (Wildman–Crippen MR) is 87.0 cm³/mol. The molecule has 0 aliphatic carbocycles. The number of ketones is 2. The molecular formula is C19H19NO3. The average Bonchev–Trinajstić information content (AvgIpc) is 2.55. The minimum absolute atomic E-state index is 0.0815. The normalized spacial score (nSPS) is 17.3. The summed E-state index contributed by atoms with van der Waals surface area (Å²) >= 11 is 0. The van der Waals surface area contributed by atoms with E-state index in [0.717, 1.165) is 5.56 Å². The van der Waals surface area contributed by atoms with Gasteiger partial charge in [-0.05, 0) is 29.8 Å². The molecule has 4 heteroatoms. The molecule has 1 aliphatic rings. The van der Waals surface area contributed by atoms with Gasteiger partial charge in [-0.1, -0.05) is 26.0 Å². The van der Waals surface area contributed by atoms with Gasteiger partial charge in [0, 0.05) is 18.5 Å². The molecule has 1 aromatic carbocycles. The summed E-state index contributed by atoms with van der Waals surface area (Å²) in [4.78, 5) is 28.6. The summed E-state index contributed by atoms with van der Waals surface area (Å²) < 4.78 is 5.79. The molecule has 0 saturated heterocycles. The van der Waals surface area contributed by atoms with Crippen molar-refractivity contribution in [2.75, 3.05) is 6.61 Å². The summed E-state index contributed by atoms with van der Waals surface area (Å²) in [5.41, 5.74) is 1.49. The number of ether oxygens (including phenoxy) is 1. The molecule has 4 nitrogen and oxygen atoms in total. The van der Waals surface area contributed by atoms with Crippen LogP contribution in [0.2, 0.25) is 0 Å². The Morgan fingerprint density at radius 3 is 2.74 bits per heavy atom. The monoisotopic (exact) mass is 309 g/mol. The van der Waals surface area contributed by atoms with Crippen molar-refractivity contribution in [3.05, 3.63) is 59.4 Å². The molecule has 0 N–H and O–H groups in total. The zero-order valence-electron chi connectivity index (χ0n) is 13.5. The number of carbonyl (C=O) groups excluding carboxylic acids is 2. The smallest absolute Gasteiger partial charge is 0.178 e. The molecule has 23 heavy (non-hydrogen) atoms. The highest BCUT2D eigenvalue weighted by Crippen LogP contribution is 2.38. The third-order valence-corrected chi connectivity index (χ3v) is 4.61. The van der Waals surface area contributed by atoms with Crippen LogP contribution < -0.4 is 4.74 Å². The third-order valence-electron chi connectivity index (χ3n) is 4.61. The molecule has 0 amide bonds. The van der Waals surface area contributed by atoms with Gasteiger partial charge in [0.1, 0.15) is 11.4 Å². The van der Waals surface area contributed by atoms with Crippen LogP contribution in [0.15, 0.2) is 42.6 Å². The van der Waals surface area contributed by atoms with Gasteiger partial charge in [0.15, 0.2) is 11.6 Å². The van der Waals surface area contributed by atoms with Crippen LogP contribution in [0.25, 0.3) is 0 Å². The molecule has 0 fully saturated rings. The Kier molecular flexibility index (Phi) is 3.76. The number of rotatable bonds is 3. The second-order valence-electron chi connectivity index (χ2n) is 6.43. The van der Waals surface area contributed by atoms with Crippen LogP contribution in [0.1, 0.15) is 47.2 Å². The number of fused-ring (bicyclic) bond motifs is 1. The molecular weight excluding hydrogens is 290 g/mol. The van der Waals surface area contributed by atoms with Crippen LogP contribution in [0, 0.1) is 5.92 Å². The molecule has 2 aromatic rings. The molecule has 1 atom stereocenters. The predicted octanol–water partition coefficient (Wildman–Crippen LogP) is 3.45. The quantitative estimate of drug-likeness (QED) is 0.815. The molecule has 1 aromatic heterocycles. The zero-order valence-corrected chi connectivity index (χ0v) is 13.5. The van der Waals surface area contributed by atoms with Gasteiger partial charge < -0.3 is 4.74 Å². The fourth-order valence-electron chi connectivity index (χ4n) is 2.99. The van der Waals surface area contributed by atoms with Crippen molar-refractivity contribution < 1.29 is 14.3 Å². The Morgan fingerprint density at radius 2 is 2.00 bits per heavy atom. The maximum Gasteiger partial charge on any atom is 0.178 e. The second kappa shape index (κ2) is 5.61. The summed E-state index contributed by atoms with van der Waals surface area (Å²) in [6.07, 6.45) is 1.62. The van der Waals surface area contributed by atoms with Gasteiger partial charge in [-0.2, -0.15) is 0 Å². The van der Waals surface area contributed by atoms with Crippen LogP contribution in [-0.2, 0) is 5.41 Å². The lowest BCUT2D eigenvalue weighted by Gasteiger charge is -2.36. The highest BCUT2D eigenvalue weighted by molar-refractivity contribution is 6.02. The molecule has 1 unspecified atom stereocenters. The molecule has 2 heterocycles. The van der Waals surface area contributed by atoms with E-state index in [1.54, 1.807) is 18.3 Å². The Morgan fingerprint density at radius 1 is 1.26 bits per heavy atom. The number of carbonyl (C=O) groups is 2. The minimum atomic E-state index is -0.461. The van der Waals surface area contributed by atoms with Crippen LogP contribution in [0.5, 0.6) is 5.75 Å². The van der Waals surface area contributed by atoms with Crippen molar-refractivity contribution in [2.45, 2.75) is 26.2 Å². The Balaban J connectivity index is 1.99. The molecule has 118 valence electrons. The van der Waals surface area contributed by atoms with E-state index in [1.807, 2.05) is 38.1 Å². The summed E-state index contributed by atoms with van der Waals surface area (Å²) in [6.45, 7) is 5.84. The SMILES string of the molecule is CC(=O)c1cc(C(C)(C)C2COc3ccccc3C2=O)ccn1. The number of hydrogen-bond donors (Lipinski definition) is 0. The van der Waals surface area contributed by atoms with Gasteiger partial charge in [0.2, 0.25) is 0 Å². The molecule has 0 radical (unpaired) electrons. The van der Waals surface area contributed by atoms with Crippen molar-refractivity contribution >= 4 is 11.6 Å². The van der Waals surface area contributed by atoms with E-state index in [4.69, 9.17) is 4.74 Å². The fraction of sp³-hybridized carbons (Fsp3) is 0.316. The summed E-state index contributed by atoms with van der Waals surface area (Å²) in [5, 5.41) is 0. The first kappa shape index (κ1) is 15.4. The third kappa shape index (κ3) is 2.65. The first-order chi connectivity index (χ1) is 10.9. The first-order valence-electron chi connectivity index (χ1n) is 7.65. The molecule has 3 rings (SSSR count). The number of nitrogens with zero attached hydrogens (tertiary/aromatic N) is 1. The van der Waals surface area contributed by atoms with Gasteiger partial charge in [-0.3, -0.25) is 14.6 Å². The van der Waals surface area contributed by atoms with Gasteiger partial charge in [0.05, 0.1) is 18.1 Å². The van der Waals surface area contributed by atoms with E-state index in [0.29, 0.717) is 23.6 Å². The molecule has 0 saturated carbocycles. The van der Waals surface area contributed by atoms with E-state index in [2.05, 4.69) is 4.98 Å². The number of Topliss-reactive ketones (excluding diaryl/α,β-unsaturated/α-hetero) is 2. The lowest BCUT2D eigenvalue weighted by molar-refractivity contribution is 0.0737. The Hall–Kier alpha value is -2.49. The lowest BCUT2D eigenvalue weighted by Crippen LogP contribution is -2.41. The molecule has 0 bridgehead atoms. The van der Waals surface area contributed by atoms with E-state index < -0.39 is 5.41 Å². The van der Waals surface area contributed by atoms with Crippen LogP contribution in [0.4, 0.5) is 0 Å². The highest BCUT2D eigenvalue weighted by Gasteiger charge is 2.41. The van der Waals surface area contributed by atoms with E-state index >= 15 is 0 Å².